The Morgan fingerprint density at radius 1 is 0.900 bits per heavy atom. The zero-order chi connectivity index (χ0) is 14.5. The molecule has 0 aliphatic carbocycles. The second kappa shape index (κ2) is 6.27. The summed E-state index contributed by atoms with van der Waals surface area (Å²) in [5.41, 5.74) is 0. The Morgan fingerprint density at radius 3 is 1.85 bits per heavy atom. The lowest BCUT2D eigenvalue weighted by atomic mass is 10.1. The smallest absolute Gasteiger partial charge is 0.236 e. The van der Waals surface area contributed by atoms with Gasteiger partial charge in [0.1, 0.15) is 0 Å². The first-order valence-corrected chi connectivity index (χ1v) is 6.61. The molecular weight excluding hydrogens is 260 g/mol. The highest BCUT2D eigenvalue weighted by atomic mass is 16.2. The van der Waals surface area contributed by atoms with Crippen LogP contribution >= 0.6 is 0 Å². The summed E-state index contributed by atoms with van der Waals surface area (Å²) in [6.07, 6.45) is 3.35. The van der Waals surface area contributed by atoms with Crippen LogP contribution in [0.25, 0.3) is 0 Å². The van der Waals surface area contributed by atoms with Crippen LogP contribution in [0.2, 0.25) is 0 Å². The van der Waals surface area contributed by atoms with E-state index in [1.807, 2.05) is 4.90 Å². The molecule has 0 bridgehead atoms. The lowest BCUT2D eigenvalue weighted by molar-refractivity contribution is -0.115. The van der Waals surface area contributed by atoms with E-state index < -0.39 is 0 Å². The zero-order valence-corrected chi connectivity index (χ0v) is 11.6. The van der Waals surface area contributed by atoms with Gasteiger partial charge in [-0.3, -0.25) is 20.2 Å². The predicted molar refractivity (Wildman–Crippen MR) is 74.5 cm³/mol. The van der Waals surface area contributed by atoms with Crippen LogP contribution in [-0.2, 0) is 9.59 Å². The average Bonchev–Trinajstić information content (AvgIpc) is 2.38. The highest BCUT2D eigenvalue weighted by Crippen LogP contribution is 2.18. The van der Waals surface area contributed by atoms with E-state index in [0.29, 0.717) is 5.95 Å². The molecule has 1 aromatic rings. The molecule has 8 nitrogen and oxygen atoms in total. The van der Waals surface area contributed by atoms with Crippen LogP contribution in [0.4, 0.5) is 17.8 Å². The maximum atomic E-state index is 11.1. The van der Waals surface area contributed by atoms with Crippen LogP contribution in [0.3, 0.4) is 0 Å². The number of amides is 2. The molecule has 1 aliphatic heterocycles. The Hall–Kier alpha value is -2.25. The van der Waals surface area contributed by atoms with E-state index in [9.17, 15) is 9.59 Å². The highest BCUT2D eigenvalue weighted by Gasteiger charge is 2.17. The molecule has 2 N–H and O–H groups in total. The molecule has 1 fully saturated rings. The standard InChI is InChI=1S/C12H18N6O2/c1-8(19)13-10-15-11(14-9(2)20)17-12(16-10)18-6-4-3-5-7-18/h3-7H2,1-2H3,(H2,13,14,15,16,17,19,20). The number of nitrogens with one attached hydrogen (secondary N) is 2. The molecule has 2 heterocycles. The predicted octanol–water partition coefficient (Wildman–Crippen LogP) is 0.779. The molecule has 0 aromatic carbocycles. The summed E-state index contributed by atoms with van der Waals surface area (Å²) < 4.78 is 0. The Balaban J connectivity index is 2.28. The molecule has 1 aliphatic rings. The van der Waals surface area contributed by atoms with Crippen LogP contribution < -0.4 is 15.5 Å². The third-order valence-corrected chi connectivity index (χ3v) is 2.84. The van der Waals surface area contributed by atoms with E-state index in [4.69, 9.17) is 0 Å². The minimum Gasteiger partial charge on any atom is -0.341 e. The maximum absolute atomic E-state index is 11.1. The van der Waals surface area contributed by atoms with Gasteiger partial charge in [-0.1, -0.05) is 0 Å². The van der Waals surface area contributed by atoms with Gasteiger partial charge in [-0.05, 0) is 19.3 Å². The number of rotatable bonds is 3. The van der Waals surface area contributed by atoms with Gasteiger partial charge in [-0.2, -0.15) is 15.0 Å². The fourth-order valence-corrected chi connectivity index (χ4v) is 2.03. The van der Waals surface area contributed by atoms with Gasteiger partial charge < -0.3 is 4.90 Å². The quantitative estimate of drug-likeness (QED) is 0.847. The molecule has 2 amide bonds. The molecule has 0 saturated carbocycles. The number of anilines is 3. The second-order valence-electron chi connectivity index (χ2n) is 4.69. The summed E-state index contributed by atoms with van der Waals surface area (Å²) in [6.45, 7) is 4.48. The third kappa shape index (κ3) is 3.87. The van der Waals surface area contributed by atoms with Crippen LogP contribution in [-0.4, -0.2) is 39.9 Å². The molecule has 0 spiro atoms. The lowest BCUT2D eigenvalue weighted by Crippen LogP contribution is -2.31. The monoisotopic (exact) mass is 278 g/mol. The Labute approximate surface area is 117 Å². The summed E-state index contributed by atoms with van der Waals surface area (Å²) >= 11 is 0. The minimum atomic E-state index is -0.269. The molecule has 108 valence electrons. The van der Waals surface area contributed by atoms with Crippen molar-refractivity contribution in [2.24, 2.45) is 0 Å². The number of carbonyl (C=O) groups is 2. The van der Waals surface area contributed by atoms with Crippen LogP contribution in [0.1, 0.15) is 33.1 Å². The first-order valence-electron chi connectivity index (χ1n) is 6.61. The topological polar surface area (TPSA) is 100 Å². The van der Waals surface area contributed by atoms with Gasteiger partial charge in [0.2, 0.25) is 29.7 Å². The highest BCUT2D eigenvalue weighted by molar-refractivity contribution is 5.88. The van der Waals surface area contributed by atoms with Gasteiger partial charge in [-0.25, -0.2) is 0 Å². The summed E-state index contributed by atoms with van der Waals surface area (Å²) in [5, 5.41) is 5.04. The van der Waals surface area contributed by atoms with Crippen molar-refractivity contribution in [1.82, 2.24) is 15.0 Å². The number of hydrogen-bond acceptors (Lipinski definition) is 6. The largest absolute Gasteiger partial charge is 0.341 e. The van der Waals surface area contributed by atoms with Crippen molar-refractivity contribution in [3.63, 3.8) is 0 Å². The molecule has 20 heavy (non-hydrogen) atoms. The van der Waals surface area contributed by atoms with Crippen molar-refractivity contribution in [1.29, 1.82) is 0 Å². The van der Waals surface area contributed by atoms with Gasteiger partial charge in [-0.15, -0.1) is 0 Å². The summed E-state index contributed by atoms with van der Waals surface area (Å²) in [7, 11) is 0. The first kappa shape index (κ1) is 14.2. The summed E-state index contributed by atoms with van der Waals surface area (Å²) in [5.74, 6) is 0.241. The van der Waals surface area contributed by atoms with E-state index in [-0.39, 0.29) is 23.7 Å². The van der Waals surface area contributed by atoms with Crippen molar-refractivity contribution in [2.45, 2.75) is 33.1 Å². The van der Waals surface area contributed by atoms with Crippen molar-refractivity contribution >= 4 is 29.7 Å². The Kier molecular flexibility index (Phi) is 4.44. The summed E-state index contributed by atoms with van der Waals surface area (Å²) in [6, 6.07) is 0. The van der Waals surface area contributed by atoms with Crippen molar-refractivity contribution in [2.75, 3.05) is 28.6 Å². The Morgan fingerprint density at radius 2 is 1.40 bits per heavy atom. The first-order chi connectivity index (χ1) is 9.54. The van der Waals surface area contributed by atoms with Gasteiger partial charge in [0.05, 0.1) is 0 Å². The zero-order valence-electron chi connectivity index (χ0n) is 11.6. The normalized spacial score (nSPS) is 14.8. The number of nitrogens with zero attached hydrogens (tertiary/aromatic N) is 4. The fraction of sp³-hybridized carbons (Fsp3) is 0.583. The van der Waals surface area contributed by atoms with Crippen molar-refractivity contribution in [3.8, 4) is 0 Å². The SMILES string of the molecule is CC(=O)Nc1nc(NC(C)=O)nc(N2CCCCC2)n1. The van der Waals surface area contributed by atoms with Crippen LogP contribution in [0, 0.1) is 0 Å². The maximum Gasteiger partial charge on any atom is 0.236 e. The second-order valence-corrected chi connectivity index (χ2v) is 4.69. The number of aromatic nitrogens is 3. The Bertz CT molecular complexity index is 478. The van der Waals surface area contributed by atoms with Crippen LogP contribution in [0.15, 0.2) is 0 Å². The summed E-state index contributed by atoms with van der Waals surface area (Å²) in [4.78, 5) is 36.7. The average molecular weight is 278 g/mol. The fourth-order valence-electron chi connectivity index (χ4n) is 2.03. The third-order valence-electron chi connectivity index (χ3n) is 2.84. The van der Waals surface area contributed by atoms with Gasteiger partial charge in [0.15, 0.2) is 0 Å². The van der Waals surface area contributed by atoms with E-state index in [1.54, 1.807) is 0 Å². The number of hydrogen-bond donors (Lipinski definition) is 2. The van der Waals surface area contributed by atoms with Crippen molar-refractivity contribution in [3.05, 3.63) is 0 Å². The molecule has 2 rings (SSSR count). The molecule has 8 heteroatoms. The van der Waals surface area contributed by atoms with E-state index in [0.717, 1.165) is 25.9 Å². The molecule has 1 aromatic heterocycles. The van der Waals surface area contributed by atoms with E-state index in [1.165, 1.54) is 20.3 Å². The van der Waals surface area contributed by atoms with Gasteiger partial charge >= 0.3 is 0 Å². The van der Waals surface area contributed by atoms with Gasteiger partial charge in [0, 0.05) is 26.9 Å². The minimum absolute atomic E-state index is 0.150. The number of piperidine rings is 1. The van der Waals surface area contributed by atoms with E-state index in [2.05, 4.69) is 25.6 Å². The van der Waals surface area contributed by atoms with Gasteiger partial charge in [0.25, 0.3) is 0 Å². The van der Waals surface area contributed by atoms with E-state index >= 15 is 0 Å². The molecular formula is C12H18N6O2. The molecule has 1 saturated heterocycles. The number of carbonyl (C=O) groups excluding carboxylic acids is 2. The van der Waals surface area contributed by atoms with Crippen molar-refractivity contribution < 1.29 is 9.59 Å². The molecule has 0 radical (unpaired) electrons. The van der Waals surface area contributed by atoms with Crippen LogP contribution in [0.5, 0.6) is 0 Å². The lowest BCUT2D eigenvalue weighted by Gasteiger charge is -2.26. The molecule has 0 atom stereocenters. The molecule has 0 unspecified atom stereocenters.